The van der Waals surface area contributed by atoms with E-state index in [1.165, 1.54) is 42.1 Å². The Bertz CT molecular complexity index is 1090. The van der Waals surface area contributed by atoms with Gasteiger partial charge in [-0.05, 0) is 67.5 Å². The van der Waals surface area contributed by atoms with Crippen molar-refractivity contribution in [2.75, 3.05) is 0 Å². The molecular weight excluding hydrogens is 400 g/mol. The molecule has 0 saturated heterocycles. The van der Waals surface area contributed by atoms with Gasteiger partial charge in [0, 0.05) is 17.8 Å². The molecule has 0 aliphatic heterocycles. The second-order valence-corrected chi connectivity index (χ2v) is 8.92. The molecule has 4 rings (SSSR count). The first-order valence-corrected chi connectivity index (χ1v) is 11.6. The van der Waals surface area contributed by atoms with Crippen molar-refractivity contribution < 1.29 is 14.6 Å². The molecule has 3 aromatic rings. The molecule has 1 saturated carbocycles. The molecule has 168 valence electrons. The fraction of sp³-hybridized carbons (Fsp3) is 0.407. The van der Waals surface area contributed by atoms with Crippen LogP contribution in [0.25, 0.3) is 10.9 Å². The molecule has 1 aromatic heterocycles. The van der Waals surface area contributed by atoms with E-state index in [9.17, 15) is 4.79 Å². The van der Waals surface area contributed by atoms with Crippen molar-refractivity contribution in [3.05, 3.63) is 71.4 Å². The van der Waals surface area contributed by atoms with Crippen LogP contribution < -0.4 is 4.74 Å². The summed E-state index contributed by atoms with van der Waals surface area (Å²) in [6, 6.07) is 12.1. The highest BCUT2D eigenvalue weighted by atomic mass is 16.5. The minimum Gasteiger partial charge on any atom is -0.489 e. The van der Waals surface area contributed by atoms with Gasteiger partial charge in [-0.3, -0.25) is 9.48 Å². The first kappa shape index (κ1) is 22.1. The maximum Gasteiger partial charge on any atom is 0.304 e. The lowest BCUT2D eigenvalue weighted by Gasteiger charge is -2.13. The molecular formula is C27H32N2O3. The number of ether oxygens (including phenoxy) is 1. The van der Waals surface area contributed by atoms with Crippen LogP contribution >= 0.6 is 0 Å². The Labute approximate surface area is 189 Å². The van der Waals surface area contributed by atoms with Crippen molar-refractivity contribution >= 4 is 16.9 Å². The summed E-state index contributed by atoms with van der Waals surface area (Å²) in [6.07, 6.45) is 11.2. The number of carbonyl (C=O) groups is 1. The largest absolute Gasteiger partial charge is 0.489 e. The molecule has 1 aliphatic carbocycles. The van der Waals surface area contributed by atoms with E-state index in [0.717, 1.165) is 29.3 Å². The number of nitrogens with zero attached hydrogens (tertiary/aromatic N) is 2. The molecule has 2 aromatic carbocycles. The van der Waals surface area contributed by atoms with Gasteiger partial charge in [0.25, 0.3) is 0 Å². The number of allylic oxidation sites excluding steroid dienone is 2. The summed E-state index contributed by atoms with van der Waals surface area (Å²) in [7, 11) is 0. The Hall–Kier alpha value is -3.08. The van der Waals surface area contributed by atoms with Crippen molar-refractivity contribution in [1.29, 1.82) is 0 Å². The van der Waals surface area contributed by atoms with E-state index in [1.54, 1.807) is 0 Å². The van der Waals surface area contributed by atoms with E-state index in [0.29, 0.717) is 6.61 Å². The average molecular weight is 433 g/mol. The van der Waals surface area contributed by atoms with Crippen LogP contribution in [-0.4, -0.2) is 20.9 Å². The van der Waals surface area contributed by atoms with Gasteiger partial charge >= 0.3 is 5.97 Å². The van der Waals surface area contributed by atoms with Gasteiger partial charge in [-0.15, -0.1) is 0 Å². The third kappa shape index (κ3) is 5.21. The smallest absolute Gasteiger partial charge is 0.304 e. The summed E-state index contributed by atoms with van der Waals surface area (Å²) in [6.45, 7) is 5.56. The first-order valence-electron chi connectivity index (χ1n) is 11.6. The molecule has 0 amide bonds. The molecule has 0 bridgehead atoms. The Morgan fingerprint density at radius 3 is 2.69 bits per heavy atom. The molecule has 1 aliphatic rings. The van der Waals surface area contributed by atoms with Gasteiger partial charge in [-0.1, -0.05) is 43.2 Å². The van der Waals surface area contributed by atoms with Gasteiger partial charge in [0.1, 0.15) is 12.4 Å². The van der Waals surface area contributed by atoms with Gasteiger partial charge in [0.05, 0.1) is 18.1 Å². The van der Waals surface area contributed by atoms with Crippen molar-refractivity contribution in [2.24, 2.45) is 5.92 Å². The van der Waals surface area contributed by atoms with E-state index in [4.69, 9.17) is 9.84 Å². The molecule has 0 spiro atoms. The number of fused-ring (bicyclic) bond motifs is 1. The number of hydrogen-bond donors (Lipinski definition) is 1. The van der Waals surface area contributed by atoms with Gasteiger partial charge in [-0.2, -0.15) is 5.10 Å². The number of benzene rings is 2. The van der Waals surface area contributed by atoms with E-state index >= 15 is 0 Å². The topological polar surface area (TPSA) is 64.3 Å². The fourth-order valence-corrected chi connectivity index (χ4v) is 4.88. The van der Waals surface area contributed by atoms with Crippen molar-refractivity contribution in [3.8, 4) is 5.75 Å². The van der Waals surface area contributed by atoms with Crippen molar-refractivity contribution in [2.45, 2.75) is 65.0 Å². The summed E-state index contributed by atoms with van der Waals surface area (Å²) < 4.78 is 8.21. The van der Waals surface area contributed by atoms with Crippen LogP contribution in [0.2, 0.25) is 0 Å². The number of aryl methyl sites for hydroxylation is 1. The van der Waals surface area contributed by atoms with Crippen LogP contribution in [0.15, 0.2) is 54.7 Å². The summed E-state index contributed by atoms with van der Waals surface area (Å²) >= 11 is 0. The first-order chi connectivity index (χ1) is 15.5. The van der Waals surface area contributed by atoms with Crippen LogP contribution in [0.3, 0.4) is 0 Å². The number of hydrogen-bond acceptors (Lipinski definition) is 3. The molecule has 1 heterocycles. The molecule has 32 heavy (non-hydrogen) atoms. The minimum atomic E-state index is -0.800. The molecule has 5 heteroatoms. The minimum absolute atomic E-state index is 0.0816. The lowest BCUT2D eigenvalue weighted by Crippen LogP contribution is -2.09. The molecule has 0 radical (unpaired) electrons. The Balaban J connectivity index is 1.43. The van der Waals surface area contributed by atoms with Crippen LogP contribution in [0.1, 0.15) is 61.6 Å². The number of carboxylic acid groups (broad SMARTS) is 1. The highest BCUT2D eigenvalue weighted by Gasteiger charge is 2.18. The molecule has 1 N–H and O–H groups in total. The van der Waals surface area contributed by atoms with Gasteiger partial charge in [0.2, 0.25) is 0 Å². The van der Waals surface area contributed by atoms with E-state index < -0.39 is 5.97 Å². The van der Waals surface area contributed by atoms with E-state index in [1.807, 2.05) is 49.5 Å². The van der Waals surface area contributed by atoms with Gasteiger partial charge in [0.15, 0.2) is 0 Å². The third-order valence-corrected chi connectivity index (χ3v) is 6.42. The maximum atomic E-state index is 11.1. The monoisotopic (exact) mass is 432 g/mol. The highest BCUT2D eigenvalue weighted by molar-refractivity contribution is 5.82. The van der Waals surface area contributed by atoms with Crippen LogP contribution in [0, 0.1) is 12.8 Å². The second-order valence-electron chi connectivity index (χ2n) is 8.92. The number of rotatable bonds is 9. The maximum absolute atomic E-state index is 11.1. The van der Waals surface area contributed by atoms with Crippen molar-refractivity contribution in [1.82, 2.24) is 9.78 Å². The van der Waals surface area contributed by atoms with E-state index in [2.05, 4.69) is 28.8 Å². The Morgan fingerprint density at radius 1 is 1.25 bits per heavy atom. The lowest BCUT2D eigenvalue weighted by atomic mass is 9.95. The third-order valence-electron chi connectivity index (χ3n) is 6.42. The number of aliphatic carboxylic acids is 1. The predicted octanol–water partition coefficient (Wildman–Crippen LogP) is 6.25. The van der Waals surface area contributed by atoms with Crippen LogP contribution in [0.4, 0.5) is 0 Å². The quantitative estimate of drug-likeness (QED) is 0.406. The highest BCUT2D eigenvalue weighted by Crippen LogP contribution is 2.29. The molecule has 0 unspecified atom stereocenters. The summed E-state index contributed by atoms with van der Waals surface area (Å²) in [5.74, 6) is 0.604. The zero-order chi connectivity index (χ0) is 22.5. The standard InChI is InChI=1S/C27H32N2O3/c1-3-6-23(15-26(30)31)22-9-11-25(12-10-22)32-18-21-13-19(2)27-24(14-21)16-28-29(27)17-20-7-4-5-8-20/h3,6,9-14,16,20,23H,4-5,7-8,15,17-18H2,1-2H3,(H,30,31)/t23-/m1/s1. The summed E-state index contributed by atoms with van der Waals surface area (Å²) in [5, 5.41) is 15.0. The van der Waals surface area contributed by atoms with Gasteiger partial charge < -0.3 is 9.84 Å². The number of aromatic nitrogens is 2. The SMILES string of the molecule is CC=C[C@H](CC(=O)O)c1ccc(OCc2cc(C)c3c(cnn3CC3CCCC3)c2)cc1. The van der Waals surface area contributed by atoms with E-state index in [-0.39, 0.29) is 12.3 Å². The zero-order valence-corrected chi connectivity index (χ0v) is 19.0. The number of carboxylic acids is 1. The summed E-state index contributed by atoms with van der Waals surface area (Å²) in [4.78, 5) is 11.1. The average Bonchev–Trinajstić information content (AvgIpc) is 3.43. The molecule has 1 fully saturated rings. The Morgan fingerprint density at radius 2 is 2.00 bits per heavy atom. The van der Waals surface area contributed by atoms with Crippen molar-refractivity contribution in [3.63, 3.8) is 0 Å². The lowest BCUT2D eigenvalue weighted by molar-refractivity contribution is -0.137. The van der Waals surface area contributed by atoms with Gasteiger partial charge in [-0.25, -0.2) is 0 Å². The molecule has 5 nitrogen and oxygen atoms in total. The zero-order valence-electron chi connectivity index (χ0n) is 19.0. The fourth-order valence-electron chi connectivity index (χ4n) is 4.88. The Kier molecular flexibility index (Phi) is 6.93. The predicted molar refractivity (Wildman–Crippen MR) is 127 cm³/mol. The normalized spacial score (nSPS) is 15.6. The second kappa shape index (κ2) is 10.0. The molecule has 1 atom stereocenters. The van der Waals surface area contributed by atoms with Crippen LogP contribution in [0.5, 0.6) is 5.75 Å². The summed E-state index contributed by atoms with van der Waals surface area (Å²) in [5.41, 5.74) is 4.57. The van der Waals surface area contributed by atoms with Crippen LogP contribution in [-0.2, 0) is 17.9 Å².